The van der Waals surface area contributed by atoms with Gasteiger partial charge in [-0.15, -0.1) is 0 Å². The monoisotopic (exact) mass is 390 g/mol. The molecule has 5 rings (SSSR count). The van der Waals surface area contributed by atoms with E-state index in [1.54, 1.807) is 28.8 Å². The molecule has 2 aliphatic rings. The molecule has 0 bridgehead atoms. The van der Waals surface area contributed by atoms with Crippen LogP contribution in [0.25, 0.3) is 22.3 Å². The van der Waals surface area contributed by atoms with E-state index < -0.39 is 11.6 Å². The molecular formula is C22H18N2O5. The Kier molecular flexibility index (Phi) is 3.51. The van der Waals surface area contributed by atoms with E-state index in [0.717, 1.165) is 22.6 Å². The van der Waals surface area contributed by atoms with Crippen molar-refractivity contribution < 1.29 is 19.7 Å². The lowest BCUT2D eigenvalue weighted by atomic mass is 9.88. The number of rotatable bonds is 2. The second-order valence-corrected chi connectivity index (χ2v) is 7.33. The Labute approximate surface area is 165 Å². The normalized spacial score (nSPS) is 19.4. The van der Waals surface area contributed by atoms with E-state index in [1.807, 2.05) is 6.92 Å². The number of aromatic nitrogens is 2. The van der Waals surface area contributed by atoms with Crippen molar-refractivity contribution in [2.45, 2.75) is 32.1 Å². The summed E-state index contributed by atoms with van der Waals surface area (Å²) in [5, 5.41) is 21.6. The molecule has 0 amide bonds. The molecule has 0 radical (unpaired) electrons. The Morgan fingerprint density at radius 2 is 2.10 bits per heavy atom. The first kappa shape index (κ1) is 17.6. The van der Waals surface area contributed by atoms with Crippen molar-refractivity contribution in [2.24, 2.45) is 0 Å². The molecule has 0 unspecified atom stereocenters. The number of nitrogens with zero attached hydrogens (tertiary/aromatic N) is 2. The van der Waals surface area contributed by atoms with E-state index in [-0.39, 0.29) is 29.0 Å². The van der Waals surface area contributed by atoms with Crippen LogP contribution in [-0.2, 0) is 34.7 Å². The number of aliphatic hydroxyl groups is 1. The summed E-state index contributed by atoms with van der Waals surface area (Å²) in [5.74, 6) is -0.692. The van der Waals surface area contributed by atoms with Gasteiger partial charge in [0.1, 0.15) is 12.4 Å². The highest BCUT2D eigenvalue weighted by molar-refractivity contribution is 5.90. The Morgan fingerprint density at radius 3 is 2.83 bits per heavy atom. The van der Waals surface area contributed by atoms with Crippen LogP contribution < -0.4 is 5.56 Å². The maximum Gasteiger partial charge on any atom is 0.347 e. The predicted molar refractivity (Wildman–Crippen MR) is 105 cm³/mol. The van der Waals surface area contributed by atoms with E-state index in [2.05, 4.69) is 6.58 Å². The van der Waals surface area contributed by atoms with Crippen molar-refractivity contribution in [3.63, 3.8) is 0 Å². The zero-order valence-electron chi connectivity index (χ0n) is 15.7. The molecule has 0 fully saturated rings. The van der Waals surface area contributed by atoms with E-state index in [9.17, 15) is 19.8 Å². The van der Waals surface area contributed by atoms with E-state index in [1.165, 1.54) is 0 Å². The van der Waals surface area contributed by atoms with Crippen LogP contribution >= 0.6 is 0 Å². The number of carbonyl (C=O) groups excluding carboxylic acids is 1. The third kappa shape index (κ3) is 2.19. The van der Waals surface area contributed by atoms with Gasteiger partial charge in [-0.05, 0) is 42.3 Å². The van der Waals surface area contributed by atoms with Gasteiger partial charge >= 0.3 is 5.97 Å². The van der Waals surface area contributed by atoms with Crippen molar-refractivity contribution >= 4 is 16.9 Å². The van der Waals surface area contributed by atoms with Gasteiger partial charge in [-0.3, -0.25) is 4.79 Å². The number of aryl methyl sites for hydroxylation is 1. The second-order valence-electron chi connectivity index (χ2n) is 7.33. The predicted octanol–water partition coefficient (Wildman–Crippen LogP) is 2.12. The summed E-state index contributed by atoms with van der Waals surface area (Å²) in [7, 11) is 0. The van der Waals surface area contributed by atoms with Crippen molar-refractivity contribution in [1.82, 2.24) is 9.55 Å². The van der Waals surface area contributed by atoms with Crippen molar-refractivity contribution in [3.05, 3.63) is 69.5 Å². The summed E-state index contributed by atoms with van der Waals surface area (Å²) >= 11 is 0. The summed E-state index contributed by atoms with van der Waals surface area (Å²) in [6.07, 6.45) is 1.79. The number of ether oxygens (including phenoxy) is 1. The molecule has 29 heavy (non-hydrogen) atoms. The molecule has 0 saturated heterocycles. The molecule has 4 heterocycles. The van der Waals surface area contributed by atoms with Gasteiger partial charge in [0.25, 0.3) is 5.56 Å². The first-order valence-corrected chi connectivity index (χ1v) is 9.34. The highest BCUT2D eigenvalue weighted by Crippen LogP contribution is 2.40. The maximum atomic E-state index is 13.2. The fraction of sp³-hybridized carbons (Fsp3) is 0.227. The largest absolute Gasteiger partial charge is 0.508 e. The van der Waals surface area contributed by atoms with Crippen molar-refractivity contribution in [3.8, 4) is 17.1 Å². The highest BCUT2D eigenvalue weighted by Gasteiger charge is 2.44. The van der Waals surface area contributed by atoms with Crippen molar-refractivity contribution in [2.75, 3.05) is 0 Å². The molecule has 2 aromatic heterocycles. The van der Waals surface area contributed by atoms with Gasteiger partial charge in [0.2, 0.25) is 5.60 Å². The Bertz CT molecular complexity index is 1310. The number of hydrogen-bond donors (Lipinski definition) is 2. The zero-order valence-corrected chi connectivity index (χ0v) is 15.7. The lowest BCUT2D eigenvalue weighted by Crippen LogP contribution is -2.43. The Hall–Kier alpha value is -3.45. The van der Waals surface area contributed by atoms with Crippen molar-refractivity contribution in [1.29, 1.82) is 0 Å². The van der Waals surface area contributed by atoms with Gasteiger partial charge in [0.05, 0.1) is 29.0 Å². The third-order valence-electron chi connectivity index (χ3n) is 5.87. The number of phenols is 1. The van der Waals surface area contributed by atoms with Gasteiger partial charge in [-0.2, -0.15) is 0 Å². The number of cyclic esters (lactones) is 1. The van der Waals surface area contributed by atoms with Crippen LogP contribution in [0.1, 0.15) is 29.2 Å². The number of hydrogen-bond acceptors (Lipinski definition) is 6. The number of fused-ring (bicyclic) bond motifs is 5. The standard InChI is InChI=1S/C22H18N2O5/c1-3-12-13-7-11(25)5-6-17(13)23-19-14(12)9-24-18(19)8-16-15(20(24)26)10-29-21(27)22(16,28)4-2/h4-8,25,28H,2-3,9-10H2,1H3/t22-/m0/s1. The van der Waals surface area contributed by atoms with Gasteiger partial charge in [0, 0.05) is 16.5 Å². The fourth-order valence-corrected chi connectivity index (χ4v) is 4.37. The van der Waals surface area contributed by atoms with Gasteiger partial charge in [-0.1, -0.05) is 13.5 Å². The summed E-state index contributed by atoms with van der Waals surface area (Å²) < 4.78 is 6.63. The zero-order chi connectivity index (χ0) is 20.5. The molecule has 1 aromatic carbocycles. The highest BCUT2D eigenvalue weighted by atomic mass is 16.6. The molecule has 7 nitrogen and oxygen atoms in total. The smallest absolute Gasteiger partial charge is 0.347 e. The van der Waals surface area contributed by atoms with Crippen LogP contribution in [0.15, 0.2) is 41.7 Å². The number of phenolic OH excluding ortho intramolecular Hbond substituents is 1. The lowest BCUT2D eigenvalue weighted by molar-refractivity contribution is -0.165. The summed E-state index contributed by atoms with van der Waals surface area (Å²) in [5.41, 5.74) is 1.85. The third-order valence-corrected chi connectivity index (χ3v) is 5.87. The van der Waals surface area contributed by atoms with Crippen LogP contribution in [0.5, 0.6) is 5.75 Å². The van der Waals surface area contributed by atoms with Gasteiger partial charge in [0.15, 0.2) is 0 Å². The number of carbonyl (C=O) groups is 1. The molecule has 0 aliphatic carbocycles. The molecular weight excluding hydrogens is 372 g/mol. The van der Waals surface area contributed by atoms with Crippen LogP contribution in [0, 0.1) is 0 Å². The molecule has 2 N–H and O–H groups in total. The molecule has 3 aromatic rings. The summed E-state index contributed by atoms with van der Waals surface area (Å²) in [6, 6.07) is 6.63. The molecule has 146 valence electrons. The maximum absolute atomic E-state index is 13.2. The second kappa shape index (κ2) is 5.78. The van der Waals surface area contributed by atoms with Gasteiger partial charge < -0.3 is 19.5 Å². The van der Waals surface area contributed by atoms with E-state index in [0.29, 0.717) is 29.9 Å². The summed E-state index contributed by atoms with van der Waals surface area (Å²) in [4.78, 5) is 30.1. The number of esters is 1. The molecule has 0 spiro atoms. The van der Waals surface area contributed by atoms with E-state index >= 15 is 0 Å². The quantitative estimate of drug-likeness (QED) is 0.402. The van der Waals surface area contributed by atoms with Crippen LogP contribution in [0.2, 0.25) is 0 Å². The number of aromatic hydroxyl groups is 1. The van der Waals surface area contributed by atoms with Crippen LogP contribution in [0.3, 0.4) is 0 Å². The van der Waals surface area contributed by atoms with Crippen LogP contribution in [0.4, 0.5) is 0 Å². The molecule has 0 saturated carbocycles. The first-order valence-electron chi connectivity index (χ1n) is 9.34. The summed E-state index contributed by atoms with van der Waals surface area (Å²) in [6.45, 7) is 5.70. The minimum absolute atomic E-state index is 0.156. The first-order chi connectivity index (χ1) is 13.9. The average molecular weight is 390 g/mol. The fourth-order valence-electron chi connectivity index (χ4n) is 4.37. The van der Waals surface area contributed by atoms with Gasteiger partial charge in [-0.25, -0.2) is 9.78 Å². The Morgan fingerprint density at radius 1 is 1.31 bits per heavy atom. The topological polar surface area (TPSA) is 102 Å². The molecule has 1 atom stereocenters. The van der Waals surface area contributed by atoms with E-state index in [4.69, 9.17) is 9.72 Å². The lowest BCUT2D eigenvalue weighted by Gasteiger charge is -2.30. The average Bonchev–Trinajstić information content (AvgIpc) is 3.08. The number of pyridine rings is 2. The minimum atomic E-state index is -2.07. The van der Waals surface area contributed by atoms with Crippen LogP contribution in [-0.4, -0.2) is 25.7 Å². The SMILES string of the molecule is C=C[C@@]1(O)C(=O)OCc2c1cc1n(c2=O)Cc2c-1nc1ccc(O)cc1c2CC. The molecule has 7 heteroatoms. The minimum Gasteiger partial charge on any atom is -0.508 e. The molecule has 2 aliphatic heterocycles. The Balaban J connectivity index is 1.85. The number of benzene rings is 1.